The van der Waals surface area contributed by atoms with Crippen LogP contribution >= 0.6 is 0 Å². The highest BCUT2D eigenvalue weighted by Crippen LogP contribution is 2.39. The van der Waals surface area contributed by atoms with Crippen molar-refractivity contribution in [2.75, 3.05) is 0 Å². The van der Waals surface area contributed by atoms with Crippen molar-refractivity contribution in [2.24, 2.45) is 0 Å². The molecule has 1 fully saturated rings. The van der Waals surface area contributed by atoms with Crippen LogP contribution in [0, 0.1) is 0 Å². The number of rotatable bonds is 2. The van der Waals surface area contributed by atoms with Gasteiger partial charge in [-0.05, 0) is 23.7 Å². The molecule has 100 valence electrons. The van der Waals surface area contributed by atoms with Crippen molar-refractivity contribution in [2.45, 2.75) is 70.1 Å². The molecule has 0 unspecified atom stereocenters. The molecular weight excluding hydrogens is 235 g/mol. The molecule has 0 amide bonds. The zero-order valence-electron chi connectivity index (χ0n) is 11.6. The minimum absolute atomic E-state index is 0.109. The van der Waals surface area contributed by atoms with Crippen LogP contribution < -0.4 is 0 Å². The van der Waals surface area contributed by atoms with E-state index in [1.54, 1.807) is 0 Å². The highest BCUT2D eigenvalue weighted by Gasteiger charge is 2.41. The number of aliphatic hydroxyl groups is 1. The van der Waals surface area contributed by atoms with E-state index >= 15 is 0 Å². The Kier molecular flexibility index (Phi) is 4.22. The molecule has 2 nitrogen and oxygen atoms in total. The predicted octanol–water partition coefficient (Wildman–Crippen LogP) is 3.43. The topological polar surface area (TPSA) is 29.5 Å². The third-order valence-electron chi connectivity index (χ3n) is 4.05. The summed E-state index contributed by atoms with van der Waals surface area (Å²) in [5, 5.41) is 9.82. The van der Waals surface area contributed by atoms with E-state index in [9.17, 15) is 9.50 Å². The molecule has 4 heteroatoms. The zero-order valence-corrected chi connectivity index (χ0v) is 12.6. The van der Waals surface area contributed by atoms with Crippen molar-refractivity contribution < 1.29 is 13.9 Å². The molecule has 0 aromatic carbocycles. The summed E-state index contributed by atoms with van der Waals surface area (Å²) in [5.74, 6) is 0. The van der Waals surface area contributed by atoms with Gasteiger partial charge >= 0.3 is 0 Å². The number of halogens is 1. The summed E-state index contributed by atoms with van der Waals surface area (Å²) in [6, 6.07) is 0. The van der Waals surface area contributed by atoms with Gasteiger partial charge in [-0.15, -0.1) is 0 Å². The zero-order chi connectivity index (χ0) is 13.4. The van der Waals surface area contributed by atoms with E-state index in [2.05, 4.69) is 40.4 Å². The van der Waals surface area contributed by atoms with Gasteiger partial charge in [-0.1, -0.05) is 27.4 Å². The Bertz CT molecular complexity index is 282. The van der Waals surface area contributed by atoms with Crippen molar-refractivity contribution in [3.63, 3.8) is 0 Å². The molecule has 1 N–H and O–H groups in total. The molecule has 1 rings (SSSR count). The van der Waals surface area contributed by atoms with E-state index in [0.29, 0.717) is 18.4 Å². The van der Waals surface area contributed by atoms with E-state index in [4.69, 9.17) is 4.43 Å². The summed E-state index contributed by atoms with van der Waals surface area (Å²) >= 11 is 0. The van der Waals surface area contributed by atoms with Crippen LogP contribution in [0.1, 0.15) is 33.6 Å². The molecular formula is C13H25FO2Si. The first kappa shape index (κ1) is 14.9. The van der Waals surface area contributed by atoms with Crippen molar-refractivity contribution >= 4 is 8.32 Å². The van der Waals surface area contributed by atoms with E-state index in [1.165, 1.54) is 0 Å². The molecule has 1 saturated carbocycles. The first-order valence-corrected chi connectivity index (χ1v) is 9.14. The van der Waals surface area contributed by atoms with Crippen LogP contribution in [-0.4, -0.2) is 31.8 Å². The van der Waals surface area contributed by atoms with Crippen molar-refractivity contribution in [3.05, 3.63) is 12.2 Å². The van der Waals surface area contributed by atoms with Gasteiger partial charge in [0.2, 0.25) is 0 Å². The maximum absolute atomic E-state index is 13.6. The standard InChI is InChI=1S/C13H25FO2Si/c1-9-11(14)7-10(8-12(9)15)16-17(5,6)13(2,3)4/h10-12,15H,1,7-8H2,2-6H3/t10-,11-,12-/m0/s1. The molecule has 3 atom stereocenters. The lowest BCUT2D eigenvalue weighted by Crippen LogP contribution is -2.47. The predicted molar refractivity (Wildman–Crippen MR) is 71.3 cm³/mol. The molecule has 0 aliphatic heterocycles. The monoisotopic (exact) mass is 260 g/mol. The van der Waals surface area contributed by atoms with Gasteiger partial charge in [0.1, 0.15) is 6.17 Å². The normalized spacial score (nSPS) is 31.7. The van der Waals surface area contributed by atoms with Crippen LogP contribution in [-0.2, 0) is 4.43 Å². The summed E-state index contributed by atoms with van der Waals surface area (Å²) in [5.41, 5.74) is 0.306. The summed E-state index contributed by atoms with van der Waals surface area (Å²) in [6.07, 6.45) is -1.25. The van der Waals surface area contributed by atoms with E-state index < -0.39 is 20.6 Å². The van der Waals surface area contributed by atoms with Crippen LogP contribution in [0.15, 0.2) is 12.2 Å². The lowest BCUT2D eigenvalue weighted by Gasteiger charge is -2.41. The van der Waals surface area contributed by atoms with Crippen LogP contribution in [0.25, 0.3) is 0 Å². The third kappa shape index (κ3) is 3.39. The van der Waals surface area contributed by atoms with Crippen LogP contribution in [0.3, 0.4) is 0 Å². The molecule has 0 saturated heterocycles. The Morgan fingerprint density at radius 2 is 1.88 bits per heavy atom. The molecule has 0 aromatic rings. The Balaban J connectivity index is 2.68. The van der Waals surface area contributed by atoms with Crippen LogP contribution in [0.5, 0.6) is 0 Å². The molecule has 0 heterocycles. The molecule has 17 heavy (non-hydrogen) atoms. The largest absolute Gasteiger partial charge is 0.414 e. The van der Waals surface area contributed by atoms with Gasteiger partial charge in [0, 0.05) is 12.8 Å². The minimum Gasteiger partial charge on any atom is -0.414 e. The second-order valence-corrected chi connectivity index (χ2v) is 11.3. The SMILES string of the molecule is C=C1[C@@H](O)C[C@@H](O[Si](C)(C)C(C)(C)C)C[C@@H]1F. The number of aliphatic hydroxyl groups excluding tert-OH is 1. The number of alkyl halides is 1. The molecule has 1 aliphatic rings. The van der Waals surface area contributed by atoms with Gasteiger partial charge in [0.25, 0.3) is 0 Å². The second-order valence-electron chi connectivity index (χ2n) is 6.53. The quantitative estimate of drug-likeness (QED) is 0.609. The average molecular weight is 260 g/mol. The van der Waals surface area contributed by atoms with Gasteiger partial charge < -0.3 is 9.53 Å². The second kappa shape index (κ2) is 4.82. The van der Waals surface area contributed by atoms with Crippen molar-refractivity contribution in [3.8, 4) is 0 Å². The molecule has 0 radical (unpaired) electrons. The fourth-order valence-electron chi connectivity index (χ4n) is 1.78. The Labute approximate surface area is 105 Å². The van der Waals surface area contributed by atoms with Gasteiger partial charge in [0.15, 0.2) is 8.32 Å². The number of hydrogen-bond acceptors (Lipinski definition) is 2. The summed E-state index contributed by atoms with van der Waals surface area (Å²) in [6.45, 7) is 14.4. The summed E-state index contributed by atoms with van der Waals surface area (Å²) in [7, 11) is -1.88. The summed E-state index contributed by atoms with van der Waals surface area (Å²) in [4.78, 5) is 0. The smallest absolute Gasteiger partial charge is 0.192 e. The third-order valence-corrected chi connectivity index (χ3v) is 8.59. The van der Waals surface area contributed by atoms with E-state index in [0.717, 1.165) is 0 Å². The van der Waals surface area contributed by atoms with Gasteiger partial charge in [-0.25, -0.2) is 4.39 Å². The van der Waals surface area contributed by atoms with E-state index in [-0.39, 0.29) is 11.1 Å². The average Bonchev–Trinajstić information content (AvgIpc) is 2.11. The lowest BCUT2D eigenvalue weighted by molar-refractivity contribution is 0.0490. The maximum Gasteiger partial charge on any atom is 0.192 e. The van der Waals surface area contributed by atoms with E-state index in [1.807, 2.05) is 0 Å². The van der Waals surface area contributed by atoms with Crippen molar-refractivity contribution in [1.29, 1.82) is 0 Å². The number of hydrogen-bond donors (Lipinski definition) is 1. The van der Waals surface area contributed by atoms with Crippen molar-refractivity contribution in [1.82, 2.24) is 0 Å². The minimum atomic E-state index is -1.88. The fourth-order valence-corrected chi connectivity index (χ4v) is 3.16. The Morgan fingerprint density at radius 1 is 1.35 bits per heavy atom. The maximum atomic E-state index is 13.6. The van der Waals surface area contributed by atoms with Gasteiger partial charge in [-0.2, -0.15) is 0 Å². The molecule has 0 aromatic heterocycles. The summed E-state index contributed by atoms with van der Waals surface area (Å²) < 4.78 is 19.8. The first-order chi connectivity index (χ1) is 7.54. The molecule has 0 bridgehead atoms. The highest BCUT2D eigenvalue weighted by molar-refractivity contribution is 6.74. The Morgan fingerprint density at radius 3 is 2.29 bits per heavy atom. The van der Waals surface area contributed by atoms with Crippen LogP contribution in [0.2, 0.25) is 18.1 Å². The van der Waals surface area contributed by atoms with Crippen LogP contribution in [0.4, 0.5) is 4.39 Å². The highest BCUT2D eigenvalue weighted by atomic mass is 28.4. The molecule has 1 aliphatic carbocycles. The Hall–Kier alpha value is -0.193. The van der Waals surface area contributed by atoms with Gasteiger partial charge in [-0.3, -0.25) is 0 Å². The van der Waals surface area contributed by atoms with Gasteiger partial charge in [0.05, 0.1) is 12.2 Å². The lowest BCUT2D eigenvalue weighted by atomic mass is 9.90. The first-order valence-electron chi connectivity index (χ1n) is 6.23. The fraction of sp³-hybridized carbons (Fsp3) is 0.846. The molecule has 0 spiro atoms.